The summed E-state index contributed by atoms with van der Waals surface area (Å²) in [4.78, 5) is 12.3. The van der Waals surface area contributed by atoms with Crippen LogP contribution >= 0.6 is 0 Å². The monoisotopic (exact) mass is 239 g/mol. The Hall–Kier alpha value is -1.70. The molecule has 1 aromatic rings. The van der Waals surface area contributed by atoms with Gasteiger partial charge in [-0.25, -0.2) is 0 Å². The first kappa shape index (κ1) is 11.4. The Morgan fingerprint density at radius 1 is 1.28 bits per heavy atom. The predicted octanol–water partition coefficient (Wildman–Crippen LogP) is 3.46. The van der Waals surface area contributed by atoms with E-state index in [4.69, 9.17) is 5.41 Å². The van der Waals surface area contributed by atoms with Crippen LogP contribution in [0.2, 0.25) is 0 Å². The van der Waals surface area contributed by atoms with Crippen molar-refractivity contribution in [3.8, 4) is 0 Å². The lowest BCUT2D eigenvalue weighted by molar-refractivity contribution is -0.122. The normalized spacial score (nSPS) is 32.2. The lowest BCUT2D eigenvalue weighted by atomic mass is 9.83. The molecular formula is C16H17NO. The summed E-state index contributed by atoms with van der Waals surface area (Å²) in [7, 11) is 0. The molecule has 2 unspecified atom stereocenters. The molecular weight excluding hydrogens is 222 g/mol. The maximum absolute atomic E-state index is 12.3. The highest BCUT2D eigenvalue weighted by molar-refractivity contribution is 6.06. The first-order valence-electron chi connectivity index (χ1n) is 6.49. The van der Waals surface area contributed by atoms with E-state index in [9.17, 15) is 4.79 Å². The van der Waals surface area contributed by atoms with Crippen molar-refractivity contribution >= 4 is 18.1 Å². The SMILES string of the molecule is CC12CCC(C1)/C(=C\c1ccc(C=N)cc1)C2=O. The molecule has 92 valence electrons. The van der Waals surface area contributed by atoms with Gasteiger partial charge in [0.2, 0.25) is 0 Å². The van der Waals surface area contributed by atoms with Gasteiger partial charge in [0.1, 0.15) is 0 Å². The molecule has 0 aromatic heterocycles. The first-order valence-corrected chi connectivity index (χ1v) is 6.49. The summed E-state index contributed by atoms with van der Waals surface area (Å²) in [6.07, 6.45) is 6.63. The molecule has 2 atom stereocenters. The summed E-state index contributed by atoms with van der Waals surface area (Å²) in [5.74, 6) is 0.833. The van der Waals surface area contributed by atoms with Crippen LogP contribution in [-0.4, -0.2) is 12.0 Å². The van der Waals surface area contributed by atoms with Gasteiger partial charge >= 0.3 is 0 Å². The second-order valence-corrected chi connectivity index (χ2v) is 5.74. The summed E-state index contributed by atoms with van der Waals surface area (Å²) in [5.41, 5.74) is 2.90. The molecule has 0 heterocycles. The zero-order valence-electron chi connectivity index (χ0n) is 10.6. The predicted molar refractivity (Wildman–Crippen MR) is 72.8 cm³/mol. The van der Waals surface area contributed by atoms with Crippen molar-refractivity contribution in [1.82, 2.24) is 0 Å². The number of carbonyl (C=O) groups is 1. The molecule has 0 radical (unpaired) electrons. The maximum Gasteiger partial charge on any atom is 0.165 e. The van der Waals surface area contributed by atoms with E-state index in [1.54, 1.807) is 0 Å². The number of hydrogen-bond acceptors (Lipinski definition) is 2. The van der Waals surface area contributed by atoms with Crippen LogP contribution in [0.1, 0.15) is 37.3 Å². The van der Waals surface area contributed by atoms with Gasteiger partial charge in [0, 0.05) is 11.6 Å². The molecule has 2 bridgehead atoms. The summed E-state index contributed by atoms with van der Waals surface area (Å²) in [5, 5.41) is 7.17. The van der Waals surface area contributed by atoms with Crippen molar-refractivity contribution in [2.24, 2.45) is 11.3 Å². The molecule has 1 N–H and O–H groups in total. The van der Waals surface area contributed by atoms with Gasteiger partial charge in [-0.15, -0.1) is 0 Å². The molecule has 2 aliphatic carbocycles. The molecule has 2 fully saturated rings. The Morgan fingerprint density at radius 3 is 2.50 bits per heavy atom. The Labute approximate surface area is 107 Å². The van der Waals surface area contributed by atoms with Crippen LogP contribution < -0.4 is 0 Å². The molecule has 0 aliphatic heterocycles. The van der Waals surface area contributed by atoms with Crippen LogP contribution in [0.15, 0.2) is 29.8 Å². The highest BCUT2D eigenvalue weighted by Crippen LogP contribution is 2.54. The van der Waals surface area contributed by atoms with E-state index < -0.39 is 0 Å². The van der Waals surface area contributed by atoms with E-state index in [1.807, 2.05) is 30.3 Å². The molecule has 0 saturated heterocycles. The third-order valence-corrected chi connectivity index (χ3v) is 4.42. The van der Waals surface area contributed by atoms with Crippen molar-refractivity contribution in [1.29, 1.82) is 5.41 Å². The van der Waals surface area contributed by atoms with Crippen LogP contribution in [-0.2, 0) is 4.79 Å². The summed E-state index contributed by atoms with van der Waals surface area (Å²) in [6, 6.07) is 7.79. The molecule has 0 amide bonds. The number of nitrogens with one attached hydrogen (secondary N) is 1. The van der Waals surface area contributed by atoms with Crippen LogP contribution in [0.5, 0.6) is 0 Å². The Kier molecular flexibility index (Phi) is 2.47. The largest absolute Gasteiger partial charge is 0.308 e. The van der Waals surface area contributed by atoms with Crippen molar-refractivity contribution in [3.63, 3.8) is 0 Å². The number of benzene rings is 1. The Balaban J connectivity index is 1.93. The topological polar surface area (TPSA) is 40.9 Å². The van der Waals surface area contributed by atoms with E-state index in [0.717, 1.165) is 36.0 Å². The first-order chi connectivity index (χ1) is 8.62. The van der Waals surface area contributed by atoms with Crippen LogP contribution in [0, 0.1) is 16.7 Å². The van der Waals surface area contributed by atoms with Gasteiger partial charge in [-0.3, -0.25) is 4.79 Å². The van der Waals surface area contributed by atoms with E-state index in [2.05, 4.69) is 6.92 Å². The smallest absolute Gasteiger partial charge is 0.165 e. The van der Waals surface area contributed by atoms with E-state index >= 15 is 0 Å². The third kappa shape index (κ3) is 1.64. The van der Waals surface area contributed by atoms with Crippen LogP contribution in [0.3, 0.4) is 0 Å². The summed E-state index contributed by atoms with van der Waals surface area (Å²) in [6.45, 7) is 2.11. The summed E-state index contributed by atoms with van der Waals surface area (Å²) >= 11 is 0. The second kappa shape index (κ2) is 3.91. The fourth-order valence-electron chi connectivity index (χ4n) is 3.30. The van der Waals surface area contributed by atoms with Crippen molar-refractivity contribution in [2.45, 2.75) is 26.2 Å². The van der Waals surface area contributed by atoms with E-state index in [0.29, 0.717) is 11.7 Å². The van der Waals surface area contributed by atoms with Crippen LogP contribution in [0.25, 0.3) is 6.08 Å². The lowest BCUT2D eigenvalue weighted by Crippen LogP contribution is -2.22. The van der Waals surface area contributed by atoms with Gasteiger partial charge in [-0.1, -0.05) is 31.2 Å². The number of Topliss-reactive ketones (excluding diaryl/α,β-unsaturated/α-hetero) is 1. The number of hydrogen-bond donors (Lipinski definition) is 1. The second-order valence-electron chi connectivity index (χ2n) is 5.74. The molecule has 2 aliphatic rings. The van der Waals surface area contributed by atoms with Crippen molar-refractivity contribution in [2.75, 3.05) is 0 Å². The number of rotatable bonds is 2. The van der Waals surface area contributed by atoms with Crippen molar-refractivity contribution < 1.29 is 4.79 Å². The number of ketones is 1. The number of fused-ring (bicyclic) bond motifs is 2. The minimum absolute atomic E-state index is 0.0780. The molecule has 0 spiro atoms. The van der Waals surface area contributed by atoms with Crippen molar-refractivity contribution in [3.05, 3.63) is 41.0 Å². The van der Waals surface area contributed by atoms with Crippen LogP contribution in [0.4, 0.5) is 0 Å². The molecule has 2 nitrogen and oxygen atoms in total. The fourth-order valence-corrected chi connectivity index (χ4v) is 3.30. The highest BCUT2D eigenvalue weighted by atomic mass is 16.1. The molecule has 18 heavy (non-hydrogen) atoms. The Morgan fingerprint density at radius 2 is 1.94 bits per heavy atom. The number of allylic oxidation sites excluding steroid dienone is 1. The maximum atomic E-state index is 12.3. The minimum Gasteiger partial charge on any atom is -0.308 e. The average molecular weight is 239 g/mol. The van der Waals surface area contributed by atoms with Gasteiger partial charge < -0.3 is 5.41 Å². The van der Waals surface area contributed by atoms with Gasteiger partial charge in [-0.05, 0) is 48.0 Å². The fraction of sp³-hybridized carbons (Fsp3) is 0.375. The third-order valence-electron chi connectivity index (χ3n) is 4.42. The van der Waals surface area contributed by atoms with E-state index in [-0.39, 0.29) is 5.41 Å². The quantitative estimate of drug-likeness (QED) is 0.623. The van der Waals surface area contributed by atoms with Gasteiger partial charge in [0.15, 0.2) is 5.78 Å². The molecule has 1 aromatic carbocycles. The zero-order valence-corrected chi connectivity index (χ0v) is 10.6. The molecule has 3 rings (SSSR count). The standard InChI is InChI=1S/C16H17NO/c1-16-7-6-13(9-16)14(15(16)18)8-11-2-4-12(10-17)5-3-11/h2-5,8,10,13,17H,6-7,9H2,1H3/b14-8+,17-10?. The Bertz CT molecular complexity index is 541. The van der Waals surface area contributed by atoms with Gasteiger partial charge in [-0.2, -0.15) is 0 Å². The highest BCUT2D eigenvalue weighted by Gasteiger charge is 2.51. The minimum atomic E-state index is -0.0780. The van der Waals surface area contributed by atoms with Gasteiger partial charge in [0.25, 0.3) is 0 Å². The average Bonchev–Trinajstić information content (AvgIpc) is 2.88. The summed E-state index contributed by atoms with van der Waals surface area (Å²) < 4.78 is 0. The van der Waals surface area contributed by atoms with E-state index in [1.165, 1.54) is 6.21 Å². The lowest BCUT2D eigenvalue weighted by Gasteiger charge is -2.20. The molecule has 2 heteroatoms. The number of carbonyl (C=O) groups excluding carboxylic acids is 1. The van der Waals surface area contributed by atoms with Gasteiger partial charge in [0.05, 0.1) is 0 Å². The zero-order chi connectivity index (χ0) is 12.8. The molecule has 2 saturated carbocycles.